The Hall–Kier alpha value is -1.08. The first kappa shape index (κ1) is 19.9. The number of rotatable bonds is 5. The van der Waals surface area contributed by atoms with E-state index in [1.54, 1.807) is 6.07 Å². The van der Waals surface area contributed by atoms with Crippen LogP contribution in [0.5, 0.6) is 5.75 Å². The monoisotopic (exact) mass is 334 g/mol. The third-order valence-electron chi connectivity index (χ3n) is 2.95. The van der Waals surface area contributed by atoms with E-state index in [-0.39, 0.29) is 41.6 Å². The smallest absolute Gasteiger partial charge is 0.244 e. The lowest BCUT2D eigenvalue weighted by atomic mass is 9.86. The Morgan fingerprint density at radius 3 is 2.38 bits per heavy atom. The molecule has 0 atom stereocenters. The van der Waals surface area contributed by atoms with Gasteiger partial charge in [-0.1, -0.05) is 32.9 Å². The van der Waals surface area contributed by atoms with E-state index in [1.165, 1.54) is 12.1 Å². The Kier molecular flexibility index (Phi) is 6.89. The Labute approximate surface area is 132 Å². The van der Waals surface area contributed by atoms with Crippen molar-refractivity contribution >= 4 is 22.4 Å². The summed E-state index contributed by atoms with van der Waals surface area (Å²) in [7, 11) is -3.80. The molecule has 0 aliphatic rings. The lowest BCUT2D eigenvalue weighted by molar-refractivity contribution is 0.449. The van der Waals surface area contributed by atoms with Crippen molar-refractivity contribution in [1.29, 1.82) is 0 Å². The highest BCUT2D eigenvalue weighted by atomic mass is 35.5. The molecule has 0 saturated heterocycles. The summed E-state index contributed by atoms with van der Waals surface area (Å²) in [4.78, 5) is -0.146. The fourth-order valence-corrected chi connectivity index (χ4v) is 2.87. The molecule has 0 saturated carbocycles. The van der Waals surface area contributed by atoms with Gasteiger partial charge in [0.15, 0.2) is 0 Å². The van der Waals surface area contributed by atoms with Gasteiger partial charge in [-0.15, -0.1) is 19.0 Å². The minimum Gasteiger partial charge on any atom is -0.506 e. The zero-order valence-corrected chi connectivity index (χ0v) is 14.1. The van der Waals surface area contributed by atoms with E-state index in [9.17, 15) is 13.5 Å². The standard InChI is InChI=1S/C14H22N2O3S.ClH/c1-5-6-16-20(18,19)12-8-11(14(2,3)4)7-10(9-15)13(12)17;/h5,7-8,16-17H,1,6,9,15H2,2-4H3;1H. The molecule has 0 aromatic heterocycles. The van der Waals surface area contributed by atoms with Gasteiger partial charge in [-0.3, -0.25) is 0 Å². The molecule has 0 bridgehead atoms. The van der Waals surface area contributed by atoms with Crippen molar-refractivity contribution in [2.24, 2.45) is 5.73 Å². The molecule has 1 aromatic rings. The molecule has 5 nitrogen and oxygen atoms in total. The van der Waals surface area contributed by atoms with Crippen molar-refractivity contribution in [2.45, 2.75) is 37.6 Å². The summed E-state index contributed by atoms with van der Waals surface area (Å²) < 4.78 is 26.7. The Balaban J connectivity index is 0.00000400. The first-order chi connectivity index (χ1) is 9.13. The first-order valence-corrected chi connectivity index (χ1v) is 7.78. The number of aromatic hydroxyl groups is 1. The number of hydrogen-bond acceptors (Lipinski definition) is 4. The quantitative estimate of drug-likeness (QED) is 0.718. The summed E-state index contributed by atoms with van der Waals surface area (Å²) in [5.41, 5.74) is 6.55. The SMILES string of the molecule is C=CCNS(=O)(=O)c1cc(C(C)(C)C)cc(CN)c1O.Cl. The summed E-state index contributed by atoms with van der Waals surface area (Å²) in [6.45, 7) is 9.52. The zero-order valence-electron chi connectivity index (χ0n) is 12.5. The lowest BCUT2D eigenvalue weighted by Gasteiger charge is -2.22. The molecule has 0 amide bonds. The Bertz CT molecular complexity index is 607. The second-order valence-corrected chi connectivity index (χ2v) is 7.31. The fourth-order valence-electron chi connectivity index (χ4n) is 1.71. The molecule has 21 heavy (non-hydrogen) atoms. The van der Waals surface area contributed by atoms with E-state index in [2.05, 4.69) is 11.3 Å². The summed E-state index contributed by atoms with van der Waals surface area (Å²) >= 11 is 0. The van der Waals surface area contributed by atoms with Gasteiger partial charge >= 0.3 is 0 Å². The Morgan fingerprint density at radius 1 is 1.38 bits per heavy atom. The van der Waals surface area contributed by atoms with E-state index >= 15 is 0 Å². The molecule has 0 unspecified atom stereocenters. The number of sulfonamides is 1. The molecule has 0 fully saturated rings. The van der Waals surface area contributed by atoms with Crippen LogP contribution < -0.4 is 10.5 Å². The third-order valence-corrected chi connectivity index (χ3v) is 4.38. The number of benzene rings is 1. The third kappa shape index (κ3) is 4.71. The number of nitrogens with two attached hydrogens (primary N) is 1. The average molecular weight is 335 g/mol. The van der Waals surface area contributed by atoms with Crippen LogP contribution in [0.4, 0.5) is 0 Å². The van der Waals surface area contributed by atoms with Crippen molar-refractivity contribution < 1.29 is 13.5 Å². The molecule has 4 N–H and O–H groups in total. The molecule has 0 radical (unpaired) electrons. The maximum Gasteiger partial charge on any atom is 0.244 e. The van der Waals surface area contributed by atoms with Gasteiger partial charge in [-0.2, -0.15) is 0 Å². The molecule has 0 spiro atoms. The normalized spacial score (nSPS) is 11.8. The minimum absolute atomic E-state index is 0. The largest absolute Gasteiger partial charge is 0.506 e. The molecular weight excluding hydrogens is 312 g/mol. The summed E-state index contributed by atoms with van der Waals surface area (Å²) in [5, 5.41) is 10.1. The van der Waals surface area contributed by atoms with Crippen molar-refractivity contribution in [3.63, 3.8) is 0 Å². The highest BCUT2D eigenvalue weighted by molar-refractivity contribution is 7.89. The van der Waals surface area contributed by atoms with E-state index in [0.29, 0.717) is 5.56 Å². The number of phenolic OH excluding ortho intramolecular Hbond substituents is 1. The van der Waals surface area contributed by atoms with E-state index in [4.69, 9.17) is 5.73 Å². The van der Waals surface area contributed by atoms with Crippen molar-refractivity contribution in [3.05, 3.63) is 35.9 Å². The van der Waals surface area contributed by atoms with Gasteiger partial charge in [0.2, 0.25) is 10.0 Å². The lowest BCUT2D eigenvalue weighted by Crippen LogP contribution is -2.25. The van der Waals surface area contributed by atoms with Gasteiger partial charge in [-0.25, -0.2) is 13.1 Å². The van der Waals surface area contributed by atoms with Crippen molar-refractivity contribution in [2.75, 3.05) is 6.54 Å². The van der Waals surface area contributed by atoms with Crippen molar-refractivity contribution in [1.82, 2.24) is 4.72 Å². The van der Waals surface area contributed by atoms with Crippen LogP contribution in [0, 0.1) is 0 Å². The maximum absolute atomic E-state index is 12.2. The van der Waals surface area contributed by atoms with Gasteiger partial charge in [0.05, 0.1) is 0 Å². The van der Waals surface area contributed by atoms with Crippen LogP contribution in [0.2, 0.25) is 0 Å². The molecule has 7 heteroatoms. The predicted octanol–water partition coefficient (Wildman–Crippen LogP) is 2.03. The van der Waals surface area contributed by atoms with Crippen LogP contribution in [0.3, 0.4) is 0 Å². The molecule has 0 aliphatic heterocycles. The van der Waals surface area contributed by atoms with E-state index in [0.717, 1.165) is 5.56 Å². The number of hydrogen-bond donors (Lipinski definition) is 3. The number of phenols is 1. The van der Waals surface area contributed by atoms with E-state index in [1.807, 2.05) is 20.8 Å². The first-order valence-electron chi connectivity index (χ1n) is 6.30. The highest BCUT2D eigenvalue weighted by Gasteiger charge is 2.24. The summed E-state index contributed by atoms with van der Waals surface area (Å²) in [6, 6.07) is 3.22. The second-order valence-electron chi connectivity index (χ2n) is 5.58. The zero-order chi connectivity index (χ0) is 15.6. The van der Waals surface area contributed by atoms with Crippen LogP contribution in [-0.2, 0) is 22.0 Å². The minimum atomic E-state index is -3.80. The van der Waals surface area contributed by atoms with Gasteiger partial charge in [0, 0.05) is 18.7 Å². The summed E-state index contributed by atoms with van der Waals surface area (Å²) in [6.07, 6.45) is 1.44. The molecule has 0 aliphatic carbocycles. The van der Waals surface area contributed by atoms with Crippen LogP contribution in [0.25, 0.3) is 0 Å². The Morgan fingerprint density at radius 2 is 1.95 bits per heavy atom. The molecular formula is C14H23ClN2O3S. The molecule has 120 valence electrons. The van der Waals surface area contributed by atoms with E-state index < -0.39 is 10.0 Å². The van der Waals surface area contributed by atoms with Crippen molar-refractivity contribution in [3.8, 4) is 5.75 Å². The average Bonchev–Trinajstić information content (AvgIpc) is 2.35. The predicted molar refractivity (Wildman–Crippen MR) is 87.3 cm³/mol. The van der Waals surface area contributed by atoms with Gasteiger partial charge in [-0.05, 0) is 17.0 Å². The topological polar surface area (TPSA) is 92.4 Å². The van der Waals surface area contributed by atoms with Crippen LogP contribution in [0.15, 0.2) is 29.7 Å². The van der Waals surface area contributed by atoms with Crippen LogP contribution in [-0.4, -0.2) is 20.1 Å². The second kappa shape index (κ2) is 7.26. The maximum atomic E-state index is 12.2. The van der Waals surface area contributed by atoms with Gasteiger partial charge in [0.1, 0.15) is 10.6 Å². The van der Waals surface area contributed by atoms with Crippen LogP contribution >= 0.6 is 12.4 Å². The molecule has 1 aromatic carbocycles. The molecule has 0 heterocycles. The van der Waals surface area contributed by atoms with Gasteiger partial charge in [0.25, 0.3) is 0 Å². The summed E-state index contributed by atoms with van der Waals surface area (Å²) in [5.74, 6) is -0.294. The fraction of sp³-hybridized carbons (Fsp3) is 0.429. The van der Waals surface area contributed by atoms with Gasteiger partial charge < -0.3 is 10.8 Å². The molecule has 1 rings (SSSR count). The highest BCUT2D eigenvalue weighted by Crippen LogP contribution is 2.33. The van der Waals surface area contributed by atoms with Crippen LogP contribution in [0.1, 0.15) is 31.9 Å². The number of nitrogens with one attached hydrogen (secondary N) is 1. The number of halogens is 1.